The van der Waals surface area contributed by atoms with Crippen LogP contribution in [0.4, 0.5) is 4.39 Å². The van der Waals surface area contributed by atoms with E-state index in [2.05, 4.69) is 0 Å². The van der Waals surface area contributed by atoms with E-state index >= 15 is 0 Å². The lowest BCUT2D eigenvalue weighted by Crippen LogP contribution is -2.32. The van der Waals surface area contributed by atoms with Gasteiger partial charge >= 0.3 is 0 Å². The molecule has 1 N–H and O–H groups in total. The van der Waals surface area contributed by atoms with Gasteiger partial charge < -0.3 is 10.0 Å². The van der Waals surface area contributed by atoms with Crippen LogP contribution in [0.15, 0.2) is 18.2 Å². The minimum Gasteiger partial charge on any atom is -0.507 e. The molecular weight excluding hydrogens is 221 g/mol. The largest absolute Gasteiger partial charge is 0.507 e. The Kier molecular flexibility index (Phi) is 4.94. The molecule has 0 aliphatic carbocycles. The van der Waals surface area contributed by atoms with Crippen molar-refractivity contribution < 1.29 is 14.3 Å². The summed E-state index contributed by atoms with van der Waals surface area (Å²) in [6.45, 7) is 5.17. The van der Waals surface area contributed by atoms with Gasteiger partial charge in [0.2, 0.25) is 0 Å². The standard InChI is InChI=1S/C13H18FNO2/c1-3-7-15(8-4-2)13(17)11-9-10(14)5-6-12(11)16/h5-6,9,16H,3-4,7-8H2,1-2H3. The zero-order valence-electron chi connectivity index (χ0n) is 10.2. The molecule has 4 heteroatoms. The molecule has 17 heavy (non-hydrogen) atoms. The molecule has 3 nitrogen and oxygen atoms in total. The van der Waals surface area contributed by atoms with Crippen LogP contribution >= 0.6 is 0 Å². The third kappa shape index (κ3) is 3.44. The van der Waals surface area contributed by atoms with Gasteiger partial charge in [-0.2, -0.15) is 0 Å². The van der Waals surface area contributed by atoms with Gasteiger partial charge in [0.15, 0.2) is 0 Å². The minimum absolute atomic E-state index is 0.0342. The van der Waals surface area contributed by atoms with E-state index in [1.54, 1.807) is 4.90 Å². The summed E-state index contributed by atoms with van der Waals surface area (Å²) < 4.78 is 13.1. The van der Waals surface area contributed by atoms with Gasteiger partial charge in [-0.05, 0) is 31.0 Å². The molecule has 1 aromatic rings. The first-order valence-corrected chi connectivity index (χ1v) is 5.88. The molecule has 0 aliphatic heterocycles. The summed E-state index contributed by atoms with van der Waals surface area (Å²) in [6, 6.07) is 3.42. The maximum absolute atomic E-state index is 13.1. The van der Waals surface area contributed by atoms with Crippen LogP contribution in [0, 0.1) is 5.82 Å². The molecule has 1 amide bonds. The van der Waals surface area contributed by atoms with Gasteiger partial charge in [-0.1, -0.05) is 13.8 Å². The summed E-state index contributed by atoms with van der Waals surface area (Å²) >= 11 is 0. The quantitative estimate of drug-likeness (QED) is 0.858. The van der Waals surface area contributed by atoms with Crippen molar-refractivity contribution in [3.05, 3.63) is 29.6 Å². The second-order valence-corrected chi connectivity index (χ2v) is 3.95. The third-order valence-corrected chi connectivity index (χ3v) is 2.46. The zero-order valence-corrected chi connectivity index (χ0v) is 10.2. The smallest absolute Gasteiger partial charge is 0.257 e. The Balaban J connectivity index is 2.95. The predicted octanol–water partition coefficient (Wildman–Crippen LogP) is 2.79. The predicted molar refractivity (Wildman–Crippen MR) is 64.6 cm³/mol. The molecule has 0 bridgehead atoms. The zero-order chi connectivity index (χ0) is 12.8. The van der Waals surface area contributed by atoms with E-state index in [4.69, 9.17) is 0 Å². The number of halogens is 1. The van der Waals surface area contributed by atoms with Crippen LogP contribution in [-0.2, 0) is 0 Å². The summed E-state index contributed by atoms with van der Waals surface area (Å²) in [7, 11) is 0. The van der Waals surface area contributed by atoms with Crippen molar-refractivity contribution in [2.24, 2.45) is 0 Å². The van der Waals surface area contributed by atoms with E-state index in [1.165, 1.54) is 6.07 Å². The maximum Gasteiger partial charge on any atom is 0.257 e. The van der Waals surface area contributed by atoms with Gasteiger partial charge in [0.25, 0.3) is 5.91 Å². The van der Waals surface area contributed by atoms with Crippen molar-refractivity contribution >= 4 is 5.91 Å². The molecule has 1 rings (SSSR count). The highest BCUT2D eigenvalue weighted by atomic mass is 19.1. The first-order valence-electron chi connectivity index (χ1n) is 5.88. The summed E-state index contributed by atoms with van der Waals surface area (Å²) in [6.07, 6.45) is 1.67. The normalized spacial score (nSPS) is 10.3. The molecule has 0 fully saturated rings. The maximum atomic E-state index is 13.1. The summed E-state index contributed by atoms with van der Waals surface area (Å²) in [5, 5.41) is 9.58. The molecule has 0 aliphatic rings. The van der Waals surface area contributed by atoms with Crippen molar-refractivity contribution in [2.45, 2.75) is 26.7 Å². The number of carbonyl (C=O) groups is 1. The molecule has 0 aromatic heterocycles. The van der Waals surface area contributed by atoms with Crippen molar-refractivity contribution in [1.82, 2.24) is 4.90 Å². The van der Waals surface area contributed by atoms with Gasteiger partial charge in [-0.15, -0.1) is 0 Å². The van der Waals surface area contributed by atoms with Crippen LogP contribution in [-0.4, -0.2) is 29.0 Å². The second kappa shape index (κ2) is 6.23. The van der Waals surface area contributed by atoms with Gasteiger partial charge in [0.05, 0.1) is 5.56 Å². The Morgan fingerprint density at radius 2 is 1.88 bits per heavy atom. The molecule has 0 spiro atoms. The van der Waals surface area contributed by atoms with E-state index in [0.717, 1.165) is 25.0 Å². The molecule has 0 saturated heterocycles. The Morgan fingerprint density at radius 3 is 2.41 bits per heavy atom. The highest BCUT2D eigenvalue weighted by molar-refractivity contribution is 5.96. The van der Waals surface area contributed by atoms with Gasteiger partial charge in [0, 0.05) is 13.1 Å². The molecule has 0 heterocycles. The molecule has 0 unspecified atom stereocenters. The highest BCUT2D eigenvalue weighted by Crippen LogP contribution is 2.20. The van der Waals surface area contributed by atoms with Crippen LogP contribution in [0.25, 0.3) is 0 Å². The Morgan fingerprint density at radius 1 is 1.29 bits per heavy atom. The average Bonchev–Trinajstić information content (AvgIpc) is 2.31. The topological polar surface area (TPSA) is 40.5 Å². The number of rotatable bonds is 5. The molecule has 0 saturated carbocycles. The van der Waals surface area contributed by atoms with Crippen molar-refractivity contribution in [3.63, 3.8) is 0 Å². The Hall–Kier alpha value is -1.58. The average molecular weight is 239 g/mol. The number of aromatic hydroxyl groups is 1. The fourth-order valence-electron chi connectivity index (χ4n) is 1.70. The van der Waals surface area contributed by atoms with Crippen LogP contribution < -0.4 is 0 Å². The number of carbonyl (C=O) groups excluding carboxylic acids is 1. The number of benzene rings is 1. The Bertz CT molecular complexity index is 387. The van der Waals surface area contributed by atoms with Crippen molar-refractivity contribution in [1.29, 1.82) is 0 Å². The Labute approximate surface area is 101 Å². The lowest BCUT2D eigenvalue weighted by Gasteiger charge is -2.21. The fourth-order valence-corrected chi connectivity index (χ4v) is 1.70. The van der Waals surface area contributed by atoms with E-state index in [1.807, 2.05) is 13.8 Å². The summed E-state index contributed by atoms with van der Waals surface area (Å²) in [4.78, 5) is 13.7. The van der Waals surface area contributed by atoms with E-state index < -0.39 is 5.82 Å². The first kappa shape index (κ1) is 13.5. The molecular formula is C13H18FNO2. The number of nitrogens with zero attached hydrogens (tertiary/aromatic N) is 1. The number of phenols is 1. The second-order valence-electron chi connectivity index (χ2n) is 3.95. The van der Waals surface area contributed by atoms with Crippen LogP contribution in [0.1, 0.15) is 37.0 Å². The van der Waals surface area contributed by atoms with Gasteiger partial charge in [-0.3, -0.25) is 4.79 Å². The lowest BCUT2D eigenvalue weighted by molar-refractivity contribution is 0.0752. The van der Waals surface area contributed by atoms with Crippen LogP contribution in [0.3, 0.4) is 0 Å². The summed E-state index contributed by atoms with van der Waals surface area (Å²) in [5.74, 6) is -1.00. The summed E-state index contributed by atoms with van der Waals surface area (Å²) in [5.41, 5.74) is 0.0342. The number of hydrogen-bond donors (Lipinski definition) is 1. The van der Waals surface area contributed by atoms with E-state index in [9.17, 15) is 14.3 Å². The number of phenolic OH excluding ortho intramolecular Hbond substituents is 1. The van der Waals surface area contributed by atoms with Gasteiger partial charge in [0.1, 0.15) is 11.6 Å². The molecule has 94 valence electrons. The van der Waals surface area contributed by atoms with Gasteiger partial charge in [-0.25, -0.2) is 4.39 Å². The number of amides is 1. The highest BCUT2D eigenvalue weighted by Gasteiger charge is 2.18. The molecule has 1 aromatic carbocycles. The first-order chi connectivity index (χ1) is 8.10. The molecule has 0 radical (unpaired) electrons. The van der Waals surface area contributed by atoms with Crippen LogP contribution in [0.5, 0.6) is 5.75 Å². The van der Waals surface area contributed by atoms with Crippen molar-refractivity contribution in [3.8, 4) is 5.75 Å². The minimum atomic E-state index is -0.515. The SMILES string of the molecule is CCCN(CCC)C(=O)c1cc(F)ccc1O. The third-order valence-electron chi connectivity index (χ3n) is 2.46. The molecule has 0 atom stereocenters. The van der Waals surface area contributed by atoms with Crippen LogP contribution in [0.2, 0.25) is 0 Å². The van der Waals surface area contributed by atoms with E-state index in [0.29, 0.717) is 13.1 Å². The number of hydrogen-bond acceptors (Lipinski definition) is 2. The lowest BCUT2D eigenvalue weighted by atomic mass is 10.1. The van der Waals surface area contributed by atoms with Crippen molar-refractivity contribution in [2.75, 3.05) is 13.1 Å². The fraction of sp³-hybridized carbons (Fsp3) is 0.462. The monoisotopic (exact) mass is 239 g/mol. The van der Waals surface area contributed by atoms with E-state index in [-0.39, 0.29) is 17.2 Å².